The molecule has 1 aromatic carbocycles. The molecule has 0 bridgehead atoms. The molecule has 0 saturated heterocycles. The lowest BCUT2D eigenvalue weighted by Crippen LogP contribution is -2.03. The zero-order chi connectivity index (χ0) is 17.8. The third-order valence-corrected chi connectivity index (χ3v) is 3.83. The predicted molar refractivity (Wildman–Crippen MR) is 96.7 cm³/mol. The number of pyridine rings is 1. The number of nitrogens with zero attached hydrogens (tertiary/aromatic N) is 3. The first-order valence-electron chi connectivity index (χ1n) is 8.09. The molecule has 128 valence electrons. The van der Waals surface area contributed by atoms with Crippen molar-refractivity contribution in [1.29, 1.82) is 0 Å². The van der Waals surface area contributed by atoms with Crippen LogP contribution in [-0.2, 0) is 6.54 Å². The number of hydrogen-bond donors (Lipinski definition) is 1. The van der Waals surface area contributed by atoms with E-state index in [0.717, 1.165) is 16.9 Å². The lowest BCUT2D eigenvalue weighted by Gasteiger charge is -2.10. The molecule has 3 aromatic heterocycles. The van der Waals surface area contributed by atoms with Gasteiger partial charge in [0.05, 0.1) is 18.5 Å². The summed E-state index contributed by atoms with van der Waals surface area (Å²) in [6, 6.07) is 15.5. The Hall–Kier alpha value is -3.54. The summed E-state index contributed by atoms with van der Waals surface area (Å²) in [6.45, 7) is 0.503. The highest BCUT2D eigenvalue weighted by Crippen LogP contribution is 2.24. The molecule has 4 aromatic rings. The highest BCUT2D eigenvalue weighted by molar-refractivity contribution is 5.67. The maximum absolute atomic E-state index is 13.2. The number of benzene rings is 1. The first-order chi connectivity index (χ1) is 12.8. The summed E-state index contributed by atoms with van der Waals surface area (Å²) in [5.74, 6) is 1.74. The van der Waals surface area contributed by atoms with E-state index in [9.17, 15) is 4.39 Å². The second-order valence-electron chi connectivity index (χ2n) is 5.64. The van der Waals surface area contributed by atoms with E-state index in [2.05, 4.69) is 20.3 Å². The number of aromatic nitrogens is 3. The highest BCUT2D eigenvalue weighted by atomic mass is 19.1. The molecule has 0 amide bonds. The van der Waals surface area contributed by atoms with Gasteiger partial charge in [-0.1, -0.05) is 0 Å². The average molecular weight is 346 g/mol. The minimum absolute atomic E-state index is 0.284. The highest BCUT2D eigenvalue weighted by Gasteiger charge is 2.09. The molecule has 0 saturated carbocycles. The molecule has 26 heavy (non-hydrogen) atoms. The van der Waals surface area contributed by atoms with Crippen molar-refractivity contribution in [2.24, 2.45) is 0 Å². The molecule has 0 fully saturated rings. The van der Waals surface area contributed by atoms with Gasteiger partial charge in [-0.05, 0) is 48.5 Å². The van der Waals surface area contributed by atoms with E-state index >= 15 is 0 Å². The molecule has 1 N–H and O–H groups in total. The van der Waals surface area contributed by atoms with Crippen molar-refractivity contribution < 1.29 is 8.81 Å². The van der Waals surface area contributed by atoms with Crippen LogP contribution in [0, 0.1) is 5.82 Å². The van der Waals surface area contributed by atoms with Gasteiger partial charge in [-0.25, -0.2) is 14.4 Å². The van der Waals surface area contributed by atoms with Crippen LogP contribution in [-0.4, -0.2) is 15.0 Å². The van der Waals surface area contributed by atoms with Crippen molar-refractivity contribution in [2.75, 3.05) is 5.32 Å². The Labute approximate surface area is 149 Å². The molecular weight excluding hydrogens is 331 g/mol. The zero-order valence-electron chi connectivity index (χ0n) is 13.8. The quantitative estimate of drug-likeness (QED) is 0.574. The van der Waals surface area contributed by atoms with Crippen LogP contribution < -0.4 is 5.32 Å². The topological polar surface area (TPSA) is 63.8 Å². The fourth-order valence-corrected chi connectivity index (χ4v) is 2.53. The normalized spacial score (nSPS) is 10.7. The van der Waals surface area contributed by atoms with Gasteiger partial charge in [0.1, 0.15) is 17.4 Å². The van der Waals surface area contributed by atoms with Gasteiger partial charge in [-0.15, -0.1) is 0 Å². The Bertz CT molecular complexity index is 986. The molecule has 6 heteroatoms. The van der Waals surface area contributed by atoms with Crippen LogP contribution in [0.25, 0.3) is 22.6 Å². The number of furan rings is 1. The lowest BCUT2D eigenvalue weighted by atomic mass is 10.1. The van der Waals surface area contributed by atoms with Crippen LogP contribution in [0.1, 0.15) is 5.76 Å². The summed E-state index contributed by atoms with van der Waals surface area (Å²) in [7, 11) is 0. The summed E-state index contributed by atoms with van der Waals surface area (Å²) in [4.78, 5) is 13.2. The summed E-state index contributed by atoms with van der Waals surface area (Å²) >= 11 is 0. The van der Waals surface area contributed by atoms with Gasteiger partial charge in [0.2, 0.25) is 0 Å². The van der Waals surface area contributed by atoms with Crippen molar-refractivity contribution in [3.8, 4) is 22.6 Å². The van der Waals surface area contributed by atoms with E-state index in [4.69, 9.17) is 4.42 Å². The lowest BCUT2D eigenvalue weighted by molar-refractivity contribution is 0.518. The molecule has 0 aliphatic carbocycles. The third-order valence-electron chi connectivity index (χ3n) is 3.83. The molecule has 0 spiro atoms. The number of anilines is 1. The Morgan fingerprint density at radius 2 is 1.73 bits per heavy atom. The summed E-state index contributed by atoms with van der Waals surface area (Å²) in [5, 5.41) is 3.24. The van der Waals surface area contributed by atoms with Crippen LogP contribution in [0.2, 0.25) is 0 Å². The zero-order valence-corrected chi connectivity index (χ0v) is 13.8. The molecule has 0 atom stereocenters. The van der Waals surface area contributed by atoms with Gasteiger partial charge < -0.3 is 9.73 Å². The number of nitrogens with one attached hydrogen (secondary N) is 1. The molecule has 0 radical (unpaired) electrons. The molecule has 5 nitrogen and oxygen atoms in total. The van der Waals surface area contributed by atoms with Crippen molar-refractivity contribution in [3.63, 3.8) is 0 Å². The second-order valence-corrected chi connectivity index (χ2v) is 5.64. The van der Waals surface area contributed by atoms with Crippen LogP contribution in [0.5, 0.6) is 0 Å². The van der Waals surface area contributed by atoms with Crippen LogP contribution in [0.3, 0.4) is 0 Å². The molecule has 4 rings (SSSR count). The van der Waals surface area contributed by atoms with Gasteiger partial charge >= 0.3 is 0 Å². The molecule has 0 aliphatic rings. The molecule has 3 heterocycles. The van der Waals surface area contributed by atoms with Gasteiger partial charge in [-0.3, -0.25) is 4.98 Å². The van der Waals surface area contributed by atoms with Crippen molar-refractivity contribution in [1.82, 2.24) is 15.0 Å². The van der Waals surface area contributed by atoms with E-state index in [1.54, 1.807) is 30.8 Å². The van der Waals surface area contributed by atoms with Crippen LogP contribution >= 0.6 is 0 Å². The Balaban J connectivity index is 1.72. The maximum atomic E-state index is 13.2. The van der Waals surface area contributed by atoms with Gasteiger partial charge in [0, 0.05) is 29.6 Å². The van der Waals surface area contributed by atoms with Crippen molar-refractivity contribution in [2.45, 2.75) is 6.54 Å². The largest absolute Gasteiger partial charge is 0.467 e. The smallest absolute Gasteiger partial charge is 0.162 e. The number of halogens is 1. The van der Waals surface area contributed by atoms with Gasteiger partial charge in [0.25, 0.3) is 0 Å². The second kappa shape index (κ2) is 7.14. The molecule has 0 unspecified atom stereocenters. The first-order valence-corrected chi connectivity index (χ1v) is 8.09. The van der Waals surface area contributed by atoms with Crippen LogP contribution in [0.15, 0.2) is 77.7 Å². The summed E-state index contributed by atoms with van der Waals surface area (Å²) in [5.41, 5.74) is 2.36. The minimum atomic E-state index is -0.284. The van der Waals surface area contributed by atoms with Crippen molar-refractivity contribution >= 4 is 5.82 Å². The van der Waals surface area contributed by atoms with E-state index < -0.39 is 0 Å². The Kier molecular flexibility index (Phi) is 4.38. The van der Waals surface area contributed by atoms with E-state index in [1.165, 1.54) is 12.1 Å². The summed E-state index contributed by atoms with van der Waals surface area (Å²) < 4.78 is 18.6. The third kappa shape index (κ3) is 3.59. The van der Waals surface area contributed by atoms with Gasteiger partial charge in [-0.2, -0.15) is 0 Å². The number of rotatable bonds is 5. The Morgan fingerprint density at radius 1 is 0.923 bits per heavy atom. The Morgan fingerprint density at radius 3 is 2.46 bits per heavy atom. The average Bonchev–Trinajstić information content (AvgIpc) is 3.21. The van der Waals surface area contributed by atoms with E-state index in [0.29, 0.717) is 23.9 Å². The van der Waals surface area contributed by atoms with E-state index in [1.807, 2.05) is 30.3 Å². The predicted octanol–water partition coefficient (Wildman–Crippen LogP) is 4.55. The monoisotopic (exact) mass is 346 g/mol. The molecule has 0 aliphatic heterocycles. The standard InChI is InChI=1S/C20H15FN4O/c21-16-5-3-14(4-6-16)18-12-19(23-13-17-2-1-11-26-17)25-20(24-18)15-7-9-22-10-8-15/h1-12H,13H2,(H,23,24,25). The number of hydrogen-bond acceptors (Lipinski definition) is 5. The molecular formula is C20H15FN4O. The van der Waals surface area contributed by atoms with Gasteiger partial charge in [0.15, 0.2) is 5.82 Å². The van der Waals surface area contributed by atoms with Crippen LogP contribution in [0.4, 0.5) is 10.2 Å². The first kappa shape index (κ1) is 16.0. The SMILES string of the molecule is Fc1ccc(-c2cc(NCc3ccco3)nc(-c3ccncc3)n2)cc1. The van der Waals surface area contributed by atoms with Crippen molar-refractivity contribution in [3.05, 3.63) is 84.8 Å². The maximum Gasteiger partial charge on any atom is 0.162 e. The minimum Gasteiger partial charge on any atom is -0.467 e. The fraction of sp³-hybridized carbons (Fsp3) is 0.0500. The summed E-state index contributed by atoms with van der Waals surface area (Å²) in [6.07, 6.45) is 5.02. The fourth-order valence-electron chi connectivity index (χ4n) is 2.53. The van der Waals surface area contributed by atoms with E-state index in [-0.39, 0.29) is 5.82 Å².